The average molecular weight is 298 g/mol. The normalized spacial score (nSPS) is 10.6. The van der Waals surface area contributed by atoms with Gasteiger partial charge < -0.3 is 19.0 Å². The Bertz CT molecular complexity index is 881. The summed E-state index contributed by atoms with van der Waals surface area (Å²) in [6.45, 7) is 0. The number of benzene rings is 2. The van der Waals surface area contributed by atoms with Gasteiger partial charge in [0, 0.05) is 6.07 Å². The molecule has 0 aliphatic carbocycles. The molecule has 0 saturated carbocycles. The van der Waals surface area contributed by atoms with Gasteiger partial charge in [0.1, 0.15) is 17.4 Å². The Labute approximate surface area is 126 Å². The van der Waals surface area contributed by atoms with Gasteiger partial charge >= 0.3 is 0 Å². The molecule has 0 fully saturated rings. The smallest absolute Gasteiger partial charge is 0.204 e. The lowest BCUT2D eigenvalue weighted by Gasteiger charge is -2.11. The van der Waals surface area contributed by atoms with Crippen molar-refractivity contribution in [3.05, 3.63) is 52.9 Å². The Morgan fingerprint density at radius 2 is 1.82 bits per heavy atom. The van der Waals surface area contributed by atoms with E-state index in [0.717, 1.165) is 0 Å². The van der Waals surface area contributed by atoms with Crippen molar-refractivity contribution in [3.8, 4) is 28.4 Å². The molecule has 0 saturated heterocycles. The minimum Gasteiger partial charge on any atom is -0.507 e. The quantitative estimate of drug-likeness (QED) is 0.804. The van der Waals surface area contributed by atoms with E-state index in [0.29, 0.717) is 16.9 Å². The van der Waals surface area contributed by atoms with Gasteiger partial charge in [0.15, 0.2) is 11.3 Å². The zero-order valence-electron chi connectivity index (χ0n) is 12.1. The van der Waals surface area contributed by atoms with Crippen molar-refractivity contribution in [2.24, 2.45) is 0 Å². The van der Waals surface area contributed by atoms with Gasteiger partial charge in [-0.15, -0.1) is 0 Å². The van der Waals surface area contributed by atoms with E-state index in [1.807, 2.05) is 18.2 Å². The van der Waals surface area contributed by atoms with Crippen LogP contribution in [0.3, 0.4) is 0 Å². The molecule has 0 spiro atoms. The van der Waals surface area contributed by atoms with Gasteiger partial charge in [-0.05, 0) is 5.56 Å². The summed E-state index contributed by atoms with van der Waals surface area (Å²) in [6, 6.07) is 10.5. The Morgan fingerprint density at radius 1 is 1.09 bits per heavy atom. The Morgan fingerprint density at radius 3 is 2.45 bits per heavy atom. The van der Waals surface area contributed by atoms with Crippen LogP contribution in [0.5, 0.6) is 17.2 Å². The van der Waals surface area contributed by atoms with Gasteiger partial charge in [0.2, 0.25) is 11.2 Å². The minimum atomic E-state index is -0.328. The zero-order valence-corrected chi connectivity index (χ0v) is 12.1. The number of phenols is 1. The lowest BCUT2D eigenvalue weighted by atomic mass is 10.0. The van der Waals surface area contributed by atoms with Crippen LogP contribution >= 0.6 is 0 Å². The summed E-state index contributed by atoms with van der Waals surface area (Å²) in [7, 11) is 2.89. The molecular formula is C17H14O5. The summed E-state index contributed by atoms with van der Waals surface area (Å²) in [6.07, 6.45) is 1.36. The van der Waals surface area contributed by atoms with Gasteiger partial charge in [-0.1, -0.05) is 30.3 Å². The summed E-state index contributed by atoms with van der Waals surface area (Å²) < 4.78 is 15.9. The van der Waals surface area contributed by atoms with E-state index in [1.165, 1.54) is 26.5 Å². The van der Waals surface area contributed by atoms with E-state index < -0.39 is 0 Å². The maximum Gasteiger partial charge on any atom is 0.204 e. The van der Waals surface area contributed by atoms with Crippen LogP contribution in [0.2, 0.25) is 0 Å². The Balaban J connectivity index is 2.38. The van der Waals surface area contributed by atoms with Crippen LogP contribution in [-0.2, 0) is 0 Å². The summed E-state index contributed by atoms with van der Waals surface area (Å²) >= 11 is 0. The second-order valence-corrected chi connectivity index (χ2v) is 4.68. The number of hydrogen-bond donors (Lipinski definition) is 1. The molecule has 2 aromatic carbocycles. The van der Waals surface area contributed by atoms with Crippen molar-refractivity contribution in [1.82, 2.24) is 0 Å². The van der Waals surface area contributed by atoms with E-state index >= 15 is 0 Å². The van der Waals surface area contributed by atoms with Crippen LogP contribution in [-0.4, -0.2) is 19.3 Å². The highest BCUT2D eigenvalue weighted by Gasteiger charge is 2.20. The van der Waals surface area contributed by atoms with Crippen molar-refractivity contribution in [2.75, 3.05) is 14.2 Å². The molecule has 0 radical (unpaired) electrons. The third-order valence-corrected chi connectivity index (χ3v) is 3.46. The van der Waals surface area contributed by atoms with Crippen LogP contribution in [0, 0.1) is 0 Å². The van der Waals surface area contributed by atoms with Crippen LogP contribution < -0.4 is 14.9 Å². The summed E-state index contributed by atoms with van der Waals surface area (Å²) in [5.74, 6) is 0.356. The van der Waals surface area contributed by atoms with Crippen molar-refractivity contribution < 1.29 is 19.0 Å². The summed E-state index contributed by atoms with van der Waals surface area (Å²) in [5, 5.41) is 10.2. The van der Waals surface area contributed by atoms with Crippen molar-refractivity contribution >= 4 is 11.0 Å². The van der Waals surface area contributed by atoms with Gasteiger partial charge in [0.05, 0.1) is 19.8 Å². The van der Waals surface area contributed by atoms with E-state index in [4.69, 9.17) is 13.9 Å². The van der Waals surface area contributed by atoms with E-state index in [-0.39, 0.29) is 27.9 Å². The van der Waals surface area contributed by atoms with E-state index in [2.05, 4.69) is 0 Å². The second kappa shape index (κ2) is 5.44. The van der Waals surface area contributed by atoms with Crippen molar-refractivity contribution in [2.45, 2.75) is 0 Å². The highest BCUT2D eigenvalue weighted by molar-refractivity contribution is 5.93. The molecule has 1 aromatic heterocycles. The molecule has 3 aromatic rings. The molecule has 0 amide bonds. The minimum absolute atomic E-state index is 0.0685. The molecule has 0 atom stereocenters. The Hall–Kier alpha value is -2.95. The first kappa shape index (κ1) is 14.0. The number of rotatable bonds is 3. The maximum atomic E-state index is 12.7. The first-order valence-electron chi connectivity index (χ1n) is 6.62. The number of phenolic OH excluding ortho intramolecular Hbond substituents is 1. The largest absolute Gasteiger partial charge is 0.507 e. The number of ether oxygens (including phenoxy) is 2. The topological polar surface area (TPSA) is 68.9 Å². The Kier molecular flexibility index (Phi) is 3.47. The summed E-state index contributed by atoms with van der Waals surface area (Å²) in [4.78, 5) is 12.7. The molecule has 0 aliphatic heterocycles. The molecule has 0 bridgehead atoms. The molecule has 0 aliphatic rings. The third-order valence-electron chi connectivity index (χ3n) is 3.46. The summed E-state index contributed by atoms with van der Waals surface area (Å²) in [5.41, 5.74) is 0.915. The second-order valence-electron chi connectivity index (χ2n) is 4.68. The molecule has 1 heterocycles. The number of fused-ring (bicyclic) bond motifs is 1. The molecule has 22 heavy (non-hydrogen) atoms. The third kappa shape index (κ3) is 2.07. The number of aromatic hydroxyl groups is 1. The van der Waals surface area contributed by atoms with Crippen LogP contribution in [0.25, 0.3) is 22.1 Å². The molecule has 3 rings (SSSR count). The monoisotopic (exact) mass is 298 g/mol. The fraction of sp³-hybridized carbons (Fsp3) is 0.118. The highest BCUT2D eigenvalue weighted by Crippen LogP contribution is 2.40. The van der Waals surface area contributed by atoms with Crippen LogP contribution in [0.4, 0.5) is 0 Å². The van der Waals surface area contributed by atoms with Gasteiger partial charge in [0.25, 0.3) is 0 Å². The van der Waals surface area contributed by atoms with Crippen molar-refractivity contribution in [3.63, 3.8) is 0 Å². The fourth-order valence-electron chi connectivity index (χ4n) is 2.40. The number of methoxy groups -OCH3 is 2. The molecule has 112 valence electrons. The van der Waals surface area contributed by atoms with Crippen molar-refractivity contribution in [1.29, 1.82) is 0 Å². The number of hydrogen-bond acceptors (Lipinski definition) is 5. The van der Waals surface area contributed by atoms with Gasteiger partial charge in [-0.2, -0.15) is 0 Å². The van der Waals surface area contributed by atoms with Gasteiger partial charge in [-0.25, -0.2) is 0 Å². The average Bonchev–Trinajstić information content (AvgIpc) is 2.55. The van der Waals surface area contributed by atoms with Gasteiger partial charge in [-0.3, -0.25) is 4.79 Å². The predicted molar refractivity (Wildman–Crippen MR) is 82.7 cm³/mol. The fourth-order valence-corrected chi connectivity index (χ4v) is 2.40. The molecule has 5 nitrogen and oxygen atoms in total. The SMILES string of the molecule is COc1cc(O)c2c(=O)c(-c3ccccc3)coc2c1OC. The highest BCUT2D eigenvalue weighted by atomic mass is 16.5. The molecule has 5 heteroatoms. The van der Waals surface area contributed by atoms with E-state index in [1.54, 1.807) is 12.1 Å². The first-order chi connectivity index (χ1) is 10.7. The van der Waals surface area contributed by atoms with Crippen LogP contribution in [0.1, 0.15) is 0 Å². The lowest BCUT2D eigenvalue weighted by Crippen LogP contribution is -2.06. The van der Waals surface area contributed by atoms with Crippen LogP contribution in [0.15, 0.2) is 51.9 Å². The standard InChI is InChI=1S/C17H14O5/c1-20-13-8-12(18)14-15(19)11(10-6-4-3-5-7-10)9-22-17(14)16(13)21-2/h3-9,18H,1-2H3. The lowest BCUT2D eigenvalue weighted by molar-refractivity contribution is 0.350. The predicted octanol–water partition coefficient (Wildman–Crippen LogP) is 3.18. The maximum absolute atomic E-state index is 12.7. The molecule has 1 N–H and O–H groups in total. The zero-order chi connectivity index (χ0) is 15.7. The molecular weight excluding hydrogens is 284 g/mol. The molecule has 0 unspecified atom stereocenters. The first-order valence-corrected chi connectivity index (χ1v) is 6.62. The van der Waals surface area contributed by atoms with E-state index in [9.17, 15) is 9.90 Å².